The quantitative estimate of drug-likeness (QED) is 0.804. The Morgan fingerprint density at radius 1 is 1.29 bits per heavy atom. The molecule has 128 valence electrons. The zero-order chi connectivity index (χ0) is 17.7. The number of nitrogens with one attached hydrogen (secondary N) is 1. The molecule has 2 aromatic rings. The predicted octanol–water partition coefficient (Wildman–Crippen LogP) is 4.71. The number of unbranched alkanes of at least 4 members (excludes halogenated alkanes) is 1. The van der Waals surface area contributed by atoms with Crippen LogP contribution in [-0.2, 0) is 0 Å². The van der Waals surface area contributed by atoms with Crippen LogP contribution in [0.15, 0.2) is 24.3 Å². The van der Waals surface area contributed by atoms with Crippen LogP contribution in [0.25, 0.3) is 0 Å². The first-order valence-electron chi connectivity index (χ1n) is 7.74. The Bertz CT molecular complexity index is 737. The minimum Gasteiger partial charge on any atom is -0.340 e. The summed E-state index contributed by atoms with van der Waals surface area (Å²) in [5.41, 5.74) is 0.974. The van der Waals surface area contributed by atoms with Gasteiger partial charge < -0.3 is 10.2 Å². The Kier molecular flexibility index (Phi) is 6.40. The smallest absolute Gasteiger partial charge is 0.272 e. The molecule has 1 aromatic heterocycles. The normalized spacial score (nSPS) is 10.5. The number of rotatable bonds is 6. The minimum atomic E-state index is -0.130. The van der Waals surface area contributed by atoms with Crippen LogP contribution in [0.2, 0.25) is 10.0 Å². The number of hydrogen-bond acceptors (Lipinski definition) is 4. The Hall–Kier alpha value is -1.85. The van der Waals surface area contributed by atoms with Gasteiger partial charge in [0.2, 0.25) is 0 Å². The van der Waals surface area contributed by atoms with Crippen molar-refractivity contribution in [3.05, 3.63) is 45.8 Å². The van der Waals surface area contributed by atoms with Gasteiger partial charge in [0, 0.05) is 19.7 Å². The molecule has 0 aliphatic rings. The molecular weight excluding hydrogens is 347 g/mol. The van der Waals surface area contributed by atoms with Gasteiger partial charge >= 0.3 is 0 Å². The monoisotopic (exact) mass is 366 g/mol. The second kappa shape index (κ2) is 8.31. The predicted molar refractivity (Wildman–Crippen MR) is 98.4 cm³/mol. The number of benzene rings is 1. The summed E-state index contributed by atoms with van der Waals surface area (Å²) in [5.74, 6) is 0.874. The average molecular weight is 367 g/mol. The molecule has 0 unspecified atom stereocenters. The summed E-state index contributed by atoms with van der Waals surface area (Å²) in [6, 6.07) is 6.91. The number of nitrogens with zero attached hydrogens (tertiary/aromatic N) is 3. The molecule has 0 fully saturated rings. The topological polar surface area (TPSA) is 58.1 Å². The van der Waals surface area contributed by atoms with Crippen molar-refractivity contribution in [2.75, 3.05) is 18.9 Å². The van der Waals surface area contributed by atoms with Crippen molar-refractivity contribution in [3.8, 4) is 0 Å². The fourth-order valence-corrected chi connectivity index (χ4v) is 2.52. The fraction of sp³-hybridized carbons (Fsp3) is 0.353. The molecule has 0 bridgehead atoms. The number of amides is 1. The highest BCUT2D eigenvalue weighted by Gasteiger charge is 2.15. The Balaban J connectivity index is 2.25. The van der Waals surface area contributed by atoms with Crippen molar-refractivity contribution in [2.24, 2.45) is 0 Å². The standard InChI is InChI=1S/C17H20Cl2N4O/c1-4-5-9-23(3)17(24)14-10-15(21-11(2)20-14)22-13-8-6-7-12(18)16(13)19/h6-8,10H,4-5,9H2,1-3H3,(H,20,21,22). The molecule has 1 amide bonds. The average Bonchev–Trinajstić information content (AvgIpc) is 2.55. The third-order valence-electron chi connectivity index (χ3n) is 3.47. The van der Waals surface area contributed by atoms with Gasteiger partial charge in [-0.3, -0.25) is 4.79 Å². The maximum absolute atomic E-state index is 12.5. The molecular formula is C17H20Cl2N4O. The van der Waals surface area contributed by atoms with Crippen LogP contribution >= 0.6 is 23.2 Å². The van der Waals surface area contributed by atoms with Crippen LogP contribution in [0.4, 0.5) is 11.5 Å². The minimum absolute atomic E-state index is 0.130. The molecule has 0 saturated carbocycles. The molecule has 24 heavy (non-hydrogen) atoms. The number of aryl methyl sites for hydroxylation is 1. The second-order valence-electron chi connectivity index (χ2n) is 5.49. The second-order valence-corrected chi connectivity index (χ2v) is 6.28. The SMILES string of the molecule is CCCCN(C)C(=O)c1cc(Nc2cccc(Cl)c2Cl)nc(C)n1. The summed E-state index contributed by atoms with van der Waals surface area (Å²) in [6.07, 6.45) is 1.98. The highest BCUT2D eigenvalue weighted by atomic mass is 35.5. The molecule has 7 heteroatoms. The maximum Gasteiger partial charge on any atom is 0.272 e. The fourth-order valence-electron chi connectivity index (χ4n) is 2.17. The van der Waals surface area contributed by atoms with Gasteiger partial charge in [-0.2, -0.15) is 0 Å². The van der Waals surface area contributed by atoms with Crippen LogP contribution in [0.5, 0.6) is 0 Å². The van der Waals surface area contributed by atoms with E-state index in [1.54, 1.807) is 43.1 Å². The number of halogens is 2. The van der Waals surface area contributed by atoms with Gasteiger partial charge in [0.25, 0.3) is 5.91 Å². The summed E-state index contributed by atoms with van der Waals surface area (Å²) < 4.78 is 0. The molecule has 1 aromatic carbocycles. The lowest BCUT2D eigenvalue weighted by Crippen LogP contribution is -2.28. The van der Waals surface area contributed by atoms with E-state index in [0.29, 0.717) is 39.6 Å². The van der Waals surface area contributed by atoms with Gasteiger partial charge in [-0.1, -0.05) is 42.6 Å². The molecule has 1 heterocycles. The highest BCUT2D eigenvalue weighted by molar-refractivity contribution is 6.43. The lowest BCUT2D eigenvalue weighted by atomic mass is 10.2. The molecule has 0 aliphatic heterocycles. The lowest BCUT2D eigenvalue weighted by Gasteiger charge is -2.17. The maximum atomic E-state index is 12.5. The van der Waals surface area contributed by atoms with Crippen LogP contribution in [0.3, 0.4) is 0 Å². The first-order valence-corrected chi connectivity index (χ1v) is 8.50. The van der Waals surface area contributed by atoms with E-state index >= 15 is 0 Å². The summed E-state index contributed by atoms with van der Waals surface area (Å²) in [6.45, 7) is 4.53. The van der Waals surface area contributed by atoms with E-state index in [0.717, 1.165) is 12.8 Å². The third-order valence-corrected chi connectivity index (χ3v) is 4.28. The van der Waals surface area contributed by atoms with Crippen molar-refractivity contribution >= 4 is 40.6 Å². The first-order chi connectivity index (χ1) is 11.4. The molecule has 0 spiro atoms. The number of anilines is 2. The molecule has 0 saturated heterocycles. The zero-order valence-corrected chi connectivity index (χ0v) is 15.4. The molecule has 0 radical (unpaired) electrons. The van der Waals surface area contributed by atoms with E-state index in [4.69, 9.17) is 23.2 Å². The highest BCUT2D eigenvalue weighted by Crippen LogP contribution is 2.31. The van der Waals surface area contributed by atoms with Gasteiger partial charge in [-0.15, -0.1) is 0 Å². The van der Waals surface area contributed by atoms with Gasteiger partial charge in [0.05, 0.1) is 15.7 Å². The Morgan fingerprint density at radius 2 is 2.04 bits per heavy atom. The van der Waals surface area contributed by atoms with E-state index in [1.165, 1.54) is 0 Å². The number of aromatic nitrogens is 2. The summed E-state index contributed by atoms with van der Waals surface area (Å²) in [5, 5.41) is 3.95. The van der Waals surface area contributed by atoms with E-state index in [1.807, 2.05) is 0 Å². The lowest BCUT2D eigenvalue weighted by molar-refractivity contribution is 0.0787. The van der Waals surface area contributed by atoms with Gasteiger partial charge in [-0.05, 0) is 25.5 Å². The molecule has 1 N–H and O–H groups in total. The van der Waals surface area contributed by atoms with Crippen LogP contribution in [0.1, 0.15) is 36.1 Å². The van der Waals surface area contributed by atoms with E-state index < -0.39 is 0 Å². The van der Waals surface area contributed by atoms with Crippen molar-refractivity contribution in [2.45, 2.75) is 26.7 Å². The van der Waals surface area contributed by atoms with Crippen molar-refractivity contribution in [1.82, 2.24) is 14.9 Å². The molecule has 2 rings (SSSR count). The van der Waals surface area contributed by atoms with E-state index in [9.17, 15) is 4.79 Å². The third kappa shape index (κ3) is 4.58. The molecule has 0 aliphatic carbocycles. The van der Waals surface area contributed by atoms with Crippen molar-refractivity contribution in [1.29, 1.82) is 0 Å². The van der Waals surface area contributed by atoms with Crippen molar-refractivity contribution < 1.29 is 4.79 Å². The van der Waals surface area contributed by atoms with Crippen molar-refractivity contribution in [3.63, 3.8) is 0 Å². The first kappa shape index (κ1) is 18.5. The largest absolute Gasteiger partial charge is 0.340 e. The summed E-state index contributed by atoms with van der Waals surface area (Å²) >= 11 is 12.2. The van der Waals surface area contributed by atoms with Crippen LogP contribution in [-0.4, -0.2) is 34.4 Å². The van der Waals surface area contributed by atoms with Gasteiger partial charge in [0.1, 0.15) is 17.3 Å². The summed E-state index contributed by atoms with van der Waals surface area (Å²) in [7, 11) is 1.77. The Labute approximate surface area is 152 Å². The zero-order valence-electron chi connectivity index (χ0n) is 13.9. The van der Waals surface area contributed by atoms with Crippen LogP contribution < -0.4 is 5.32 Å². The van der Waals surface area contributed by atoms with Gasteiger partial charge in [0.15, 0.2) is 0 Å². The van der Waals surface area contributed by atoms with Crippen LogP contribution in [0, 0.1) is 6.92 Å². The number of carbonyl (C=O) groups is 1. The molecule has 5 nitrogen and oxygen atoms in total. The number of carbonyl (C=O) groups excluding carboxylic acids is 1. The van der Waals surface area contributed by atoms with Gasteiger partial charge in [-0.25, -0.2) is 9.97 Å². The number of hydrogen-bond donors (Lipinski definition) is 1. The molecule has 0 atom stereocenters. The summed E-state index contributed by atoms with van der Waals surface area (Å²) in [4.78, 5) is 22.7. The van der Waals surface area contributed by atoms with E-state index in [-0.39, 0.29) is 5.91 Å². The Morgan fingerprint density at radius 3 is 2.75 bits per heavy atom. The van der Waals surface area contributed by atoms with E-state index in [2.05, 4.69) is 22.2 Å².